The van der Waals surface area contributed by atoms with Crippen LogP contribution in [-0.4, -0.2) is 48.1 Å². The average molecular weight is 276 g/mol. The van der Waals surface area contributed by atoms with E-state index in [1.54, 1.807) is 0 Å². The summed E-state index contributed by atoms with van der Waals surface area (Å²) in [4.78, 5) is 14.3. The van der Waals surface area contributed by atoms with Gasteiger partial charge in [0.25, 0.3) is 0 Å². The van der Waals surface area contributed by atoms with Crippen LogP contribution in [0.4, 0.5) is 5.82 Å². The number of anilines is 1. The Morgan fingerprint density at radius 2 is 1.70 bits per heavy atom. The van der Waals surface area contributed by atoms with E-state index in [0.29, 0.717) is 11.8 Å². The lowest BCUT2D eigenvalue weighted by Gasteiger charge is -2.23. The fourth-order valence-electron chi connectivity index (χ4n) is 2.46. The van der Waals surface area contributed by atoms with Crippen molar-refractivity contribution < 1.29 is 0 Å². The minimum absolute atomic E-state index is 0.377. The first kappa shape index (κ1) is 15.2. The molecule has 1 aromatic heterocycles. The molecule has 0 atom stereocenters. The molecule has 1 saturated heterocycles. The van der Waals surface area contributed by atoms with E-state index in [9.17, 15) is 0 Å². The highest BCUT2D eigenvalue weighted by molar-refractivity contribution is 5.41. The largest absolute Gasteiger partial charge is 0.355 e. The van der Waals surface area contributed by atoms with E-state index in [4.69, 9.17) is 9.97 Å². The third kappa shape index (κ3) is 3.69. The van der Waals surface area contributed by atoms with Crippen LogP contribution in [0.1, 0.15) is 57.5 Å². The van der Waals surface area contributed by atoms with Crippen molar-refractivity contribution in [3.05, 3.63) is 17.6 Å². The minimum Gasteiger partial charge on any atom is -0.355 e. The smallest absolute Gasteiger partial charge is 0.133 e. The summed E-state index contributed by atoms with van der Waals surface area (Å²) >= 11 is 0. The number of aromatic nitrogens is 2. The highest BCUT2D eigenvalue weighted by atomic mass is 15.2. The molecule has 1 aromatic rings. The van der Waals surface area contributed by atoms with Crippen LogP contribution in [0, 0.1) is 0 Å². The van der Waals surface area contributed by atoms with Crippen molar-refractivity contribution in [2.45, 2.75) is 46.0 Å². The van der Waals surface area contributed by atoms with Gasteiger partial charge in [0.15, 0.2) is 0 Å². The normalized spacial score (nSPS) is 17.9. The zero-order valence-electron chi connectivity index (χ0n) is 13.6. The molecule has 0 radical (unpaired) electrons. The van der Waals surface area contributed by atoms with E-state index in [1.807, 2.05) is 0 Å². The fraction of sp³-hybridized carbons (Fsp3) is 0.750. The Morgan fingerprint density at radius 1 is 0.950 bits per heavy atom. The summed E-state index contributed by atoms with van der Waals surface area (Å²) in [5, 5.41) is 0. The maximum absolute atomic E-state index is 4.80. The number of hydrogen-bond donors (Lipinski definition) is 0. The highest BCUT2D eigenvalue weighted by Gasteiger charge is 2.17. The molecule has 0 bridgehead atoms. The molecule has 2 rings (SSSR count). The molecular weight excluding hydrogens is 248 g/mol. The Hall–Kier alpha value is -1.16. The molecule has 1 fully saturated rings. The zero-order chi connectivity index (χ0) is 14.7. The molecule has 0 aliphatic carbocycles. The van der Waals surface area contributed by atoms with Crippen molar-refractivity contribution in [1.29, 1.82) is 0 Å². The van der Waals surface area contributed by atoms with E-state index >= 15 is 0 Å². The number of rotatable bonds is 3. The fourth-order valence-corrected chi connectivity index (χ4v) is 2.46. The van der Waals surface area contributed by atoms with E-state index in [2.05, 4.69) is 50.6 Å². The predicted molar refractivity (Wildman–Crippen MR) is 84.5 cm³/mol. The molecule has 2 heterocycles. The number of nitrogens with zero attached hydrogens (tertiary/aromatic N) is 4. The van der Waals surface area contributed by atoms with Gasteiger partial charge in [0.1, 0.15) is 11.6 Å². The molecule has 0 N–H and O–H groups in total. The summed E-state index contributed by atoms with van der Waals surface area (Å²) in [5.74, 6) is 2.91. The molecule has 4 nitrogen and oxygen atoms in total. The van der Waals surface area contributed by atoms with Gasteiger partial charge in [-0.3, -0.25) is 0 Å². The third-order valence-electron chi connectivity index (χ3n) is 3.90. The zero-order valence-corrected chi connectivity index (χ0v) is 13.6. The van der Waals surface area contributed by atoms with E-state index < -0.39 is 0 Å². The van der Waals surface area contributed by atoms with Crippen LogP contribution in [0.5, 0.6) is 0 Å². The van der Waals surface area contributed by atoms with Gasteiger partial charge in [-0.25, -0.2) is 9.97 Å². The first-order valence-corrected chi connectivity index (χ1v) is 7.79. The van der Waals surface area contributed by atoms with Crippen LogP contribution in [0.3, 0.4) is 0 Å². The molecular formula is C16H28N4. The van der Waals surface area contributed by atoms with Gasteiger partial charge in [-0.05, 0) is 25.9 Å². The van der Waals surface area contributed by atoms with Crippen molar-refractivity contribution in [3.63, 3.8) is 0 Å². The molecule has 112 valence electrons. The topological polar surface area (TPSA) is 32.3 Å². The SMILES string of the molecule is CC(C)c1cc(N2CCCN(C)CC2)nc(C(C)C)n1. The standard InChI is InChI=1S/C16H28N4/c1-12(2)14-11-15(18-16(17-14)13(3)4)20-8-6-7-19(5)9-10-20/h11-13H,6-10H2,1-5H3. The van der Waals surface area contributed by atoms with E-state index in [1.165, 1.54) is 13.0 Å². The summed E-state index contributed by atoms with van der Waals surface area (Å²) in [5.41, 5.74) is 1.16. The molecule has 1 aliphatic rings. The molecule has 0 saturated carbocycles. The Labute approximate surface area is 123 Å². The molecule has 20 heavy (non-hydrogen) atoms. The van der Waals surface area contributed by atoms with Crippen molar-refractivity contribution in [1.82, 2.24) is 14.9 Å². The third-order valence-corrected chi connectivity index (χ3v) is 3.90. The minimum atomic E-state index is 0.377. The van der Waals surface area contributed by atoms with Gasteiger partial charge in [-0.1, -0.05) is 27.7 Å². The van der Waals surface area contributed by atoms with Gasteiger partial charge in [0, 0.05) is 37.3 Å². The van der Waals surface area contributed by atoms with Crippen molar-refractivity contribution in [3.8, 4) is 0 Å². The van der Waals surface area contributed by atoms with Crippen molar-refractivity contribution in [2.24, 2.45) is 0 Å². The maximum atomic E-state index is 4.80. The Kier molecular flexibility index (Phi) is 4.97. The number of hydrogen-bond acceptors (Lipinski definition) is 4. The summed E-state index contributed by atoms with van der Waals surface area (Å²) in [6, 6.07) is 2.18. The van der Waals surface area contributed by atoms with Crippen LogP contribution in [0.2, 0.25) is 0 Å². The monoisotopic (exact) mass is 276 g/mol. The summed E-state index contributed by atoms with van der Waals surface area (Å²) in [7, 11) is 2.20. The van der Waals surface area contributed by atoms with Gasteiger partial charge < -0.3 is 9.80 Å². The lowest BCUT2D eigenvalue weighted by Crippen LogP contribution is -2.30. The Balaban J connectivity index is 2.29. The van der Waals surface area contributed by atoms with Crippen LogP contribution >= 0.6 is 0 Å². The van der Waals surface area contributed by atoms with Crippen LogP contribution in [-0.2, 0) is 0 Å². The molecule has 0 spiro atoms. The van der Waals surface area contributed by atoms with E-state index in [0.717, 1.165) is 37.0 Å². The molecule has 0 unspecified atom stereocenters. The van der Waals surface area contributed by atoms with Gasteiger partial charge >= 0.3 is 0 Å². The molecule has 0 aromatic carbocycles. The lowest BCUT2D eigenvalue weighted by molar-refractivity contribution is 0.360. The average Bonchev–Trinajstić information content (AvgIpc) is 2.63. The van der Waals surface area contributed by atoms with Crippen molar-refractivity contribution >= 4 is 5.82 Å². The van der Waals surface area contributed by atoms with Crippen LogP contribution < -0.4 is 4.90 Å². The molecule has 1 aliphatic heterocycles. The van der Waals surface area contributed by atoms with Gasteiger partial charge in [-0.15, -0.1) is 0 Å². The first-order chi connectivity index (χ1) is 9.47. The van der Waals surface area contributed by atoms with Gasteiger partial charge in [0.05, 0.1) is 0 Å². The quantitative estimate of drug-likeness (QED) is 0.850. The second-order valence-electron chi connectivity index (χ2n) is 6.46. The molecule has 0 amide bonds. The first-order valence-electron chi connectivity index (χ1n) is 7.79. The van der Waals surface area contributed by atoms with Crippen molar-refractivity contribution in [2.75, 3.05) is 38.1 Å². The lowest BCUT2D eigenvalue weighted by atomic mass is 10.1. The summed E-state index contributed by atoms with van der Waals surface area (Å²) < 4.78 is 0. The second kappa shape index (κ2) is 6.53. The highest BCUT2D eigenvalue weighted by Crippen LogP contribution is 2.22. The second-order valence-corrected chi connectivity index (χ2v) is 6.46. The maximum Gasteiger partial charge on any atom is 0.133 e. The number of likely N-dealkylation sites (N-methyl/N-ethyl adjacent to an activating group) is 1. The van der Waals surface area contributed by atoms with Gasteiger partial charge in [-0.2, -0.15) is 0 Å². The van der Waals surface area contributed by atoms with Crippen LogP contribution in [0.25, 0.3) is 0 Å². The van der Waals surface area contributed by atoms with Gasteiger partial charge in [0.2, 0.25) is 0 Å². The van der Waals surface area contributed by atoms with E-state index in [-0.39, 0.29) is 0 Å². The summed E-state index contributed by atoms with van der Waals surface area (Å²) in [6.07, 6.45) is 1.20. The predicted octanol–water partition coefficient (Wildman–Crippen LogP) is 2.87. The summed E-state index contributed by atoms with van der Waals surface area (Å²) in [6.45, 7) is 13.2. The Morgan fingerprint density at radius 3 is 2.35 bits per heavy atom. The van der Waals surface area contributed by atoms with Crippen LogP contribution in [0.15, 0.2) is 6.07 Å². The molecule has 4 heteroatoms. The Bertz CT molecular complexity index is 416.